The summed E-state index contributed by atoms with van der Waals surface area (Å²) in [6.07, 6.45) is -3.39. The van der Waals surface area contributed by atoms with Gasteiger partial charge >= 0.3 is 6.18 Å². The molecule has 2 aromatic heterocycles. The minimum Gasteiger partial charge on any atom is -0.369 e. The van der Waals surface area contributed by atoms with E-state index in [4.69, 9.17) is 19.4 Å². The van der Waals surface area contributed by atoms with Crippen molar-refractivity contribution in [3.8, 4) is 11.3 Å². The number of hydrogen-bond donors (Lipinski definition) is 2. The molecule has 2 aromatic carbocycles. The van der Waals surface area contributed by atoms with Crippen molar-refractivity contribution >= 4 is 46.4 Å². The number of benzene rings is 2. The van der Waals surface area contributed by atoms with Crippen molar-refractivity contribution in [1.29, 1.82) is 0 Å². The highest BCUT2D eigenvalue weighted by Crippen LogP contribution is 2.34. The van der Waals surface area contributed by atoms with Gasteiger partial charge < -0.3 is 5.32 Å². The number of rotatable bonds is 7. The maximum Gasteiger partial charge on any atom is 0.417 e. The average Bonchev–Trinajstić information content (AvgIpc) is 3.17. The van der Waals surface area contributed by atoms with Crippen molar-refractivity contribution in [2.24, 2.45) is 0 Å². The Morgan fingerprint density at radius 1 is 1.06 bits per heavy atom. The van der Waals surface area contributed by atoms with E-state index in [-0.39, 0.29) is 13.1 Å². The Hall–Kier alpha value is -3.09. The van der Waals surface area contributed by atoms with Gasteiger partial charge in [-0.15, -0.1) is 0 Å². The predicted octanol–water partition coefficient (Wildman–Crippen LogP) is 3.25. The monoisotopic (exact) mass is 505 g/mol. The van der Waals surface area contributed by atoms with Gasteiger partial charge in [0.05, 0.1) is 16.2 Å². The highest BCUT2D eigenvalue weighted by Gasteiger charge is 2.36. The maximum absolute atomic E-state index is 13.2. The molecular formula is C21H16BClF3N5O2S. The summed E-state index contributed by atoms with van der Waals surface area (Å²) in [6.45, 7) is -0.162. The molecule has 174 valence electrons. The Morgan fingerprint density at radius 2 is 1.76 bits per heavy atom. The van der Waals surface area contributed by atoms with Crippen LogP contribution in [0.15, 0.2) is 65.7 Å². The molecule has 2 radical (unpaired) electrons. The predicted molar refractivity (Wildman–Crippen MR) is 124 cm³/mol. The molecule has 2 heterocycles. The molecule has 0 aliphatic heterocycles. The fourth-order valence-electron chi connectivity index (χ4n) is 3.30. The van der Waals surface area contributed by atoms with E-state index >= 15 is 0 Å². The largest absolute Gasteiger partial charge is 0.417 e. The summed E-state index contributed by atoms with van der Waals surface area (Å²) in [5.41, 5.74) is 0.607. The van der Waals surface area contributed by atoms with Gasteiger partial charge in [-0.1, -0.05) is 41.9 Å². The van der Waals surface area contributed by atoms with Gasteiger partial charge in [-0.2, -0.15) is 22.8 Å². The van der Waals surface area contributed by atoms with E-state index in [0.29, 0.717) is 33.2 Å². The molecule has 0 fully saturated rings. The SMILES string of the molecule is [B]c1cnn2c(NCCNS(=O)(=O)c3ccccc3C(F)(F)F)cc(-c3ccccc3Cl)nc12. The van der Waals surface area contributed by atoms with Crippen molar-refractivity contribution in [1.82, 2.24) is 19.3 Å². The lowest BCUT2D eigenvalue weighted by atomic mass is 10.0. The van der Waals surface area contributed by atoms with Crippen molar-refractivity contribution in [3.05, 3.63) is 71.4 Å². The van der Waals surface area contributed by atoms with Gasteiger partial charge in [0.1, 0.15) is 13.7 Å². The summed E-state index contributed by atoms with van der Waals surface area (Å²) in [7, 11) is 1.56. The van der Waals surface area contributed by atoms with Gasteiger partial charge in [-0.05, 0) is 23.7 Å². The molecule has 0 saturated heterocycles. The number of alkyl halides is 3. The lowest BCUT2D eigenvalue weighted by Gasteiger charge is -2.15. The molecule has 0 spiro atoms. The quantitative estimate of drug-likeness (QED) is 0.297. The average molecular weight is 506 g/mol. The lowest BCUT2D eigenvalue weighted by molar-refractivity contribution is -0.139. The maximum atomic E-state index is 13.2. The number of fused-ring (bicyclic) bond motifs is 1. The fraction of sp³-hybridized carbons (Fsp3) is 0.143. The zero-order valence-corrected chi connectivity index (χ0v) is 18.9. The van der Waals surface area contributed by atoms with Gasteiger partial charge in [0, 0.05) is 35.9 Å². The molecule has 0 unspecified atom stereocenters. The van der Waals surface area contributed by atoms with Crippen LogP contribution in [-0.4, -0.2) is 44.0 Å². The highest BCUT2D eigenvalue weighted by atomic mass is 35.5. The van der Waals surface area contributed by atoms with Gasteiger partial charge in [-0.3, -0.25) is 0 Å². The Balaban J connectivity index is 1.54. The molecule has 0 bridgehead atoms. The van der Waals surface area contributed by atoms with Gasteiger partial charge in [0.2, 0.25) is 10.0 Å². The van der Waals surface area contributed by atoms with E-state index in [1.54, 1.807) is 30.3 Å². The molecule has 2 N–H and O–H groups in total. The Morgan fingerprint density at radius 3 is 2.50 bits per heavy atom. The number of hydrogen-bond acceptors (Lipinski definition) is 5. The summed E-state index contributed by atoms with van der Waals surface area (Å²) < 4.78 is 68.2. The van der Waals surface area contributed by atoms with Crippen molar-refractivity contribution in [3.63, 3.8) is 0 Å². The second-order valence-corrected chi connectivity index (χ2v) is 9.30. The van der Waals surface area contributed by atoms with E-state index in [1.165, 1.54) is 16.8 Å². The summed E-state index contributed by atoms with van der Waals surface area (Å²) in [5.74, 6) is 0.437. The topological polar surface area (TPSA) is 88.4 Å². The van der Waals surface area contributed by atoms with Crippen LogP contribution in [0, 0.1) is 0 Å². The van der Waals surface area contributed by atoms with E-state index in [1.807, 2.05) is 0 Å². The third kappa shape index (κ3) is 4.89. The molecule has 0 saturated carbocycles. The van der Waals surface area contributed by atoms with Crippen LogP contribution >= 0.6 is 11.6 Å². The first-order valence-corrected chi connectivity index (χ1v) is 11.7. The first-order valence-electron chi connectivity index (χ1n) is 9.87. The van der Waals surface area contributed by atoms with Crippen LogP contribution in [0.1, 0.15) is 5.56 Å². The van der Waals surface area contributed by atoms with E-state index < -0.39 is 26.7 Å². The smallest absolute Gasteiger partial charge is 0.369 e. The first kappa shape index (κ1) is 24.1. The molecule has 34 heavy (non-hydrogen) atoms. The molecule has 4 rings (SSSR count). The second-order valence-electron chi connectivity index (χ2n) is 7.16. The van der Waals surface area contributed by atoms with Crippen molar-refractivity contribution < 1.29 is 21.6 Å². The van der Waals surface area contributed by atoms with Crippen LogP contribution in [0.25, 0.3) is 16.9 Å². The van der Waals surface area contributed by atoms with E-state index in [9.17, 15) is 21.6 Å². The molecule has 4 aromatic rings. The van der Waals surface area contributed by atoms with Crippen LogP contribution < -0.4 is 15.5 Å². The van der Waals surface area contributed by atoms with Crippen LogP contribution in [-0.2, 0) is 16.2 Å². The summed E-state index contributed by atoms with van der Waals surface area (Å²) in [5, 5.41) is 7.64. The van der Waals surface area contributed by atoms with Crippen molar-refractivity contribution in [2.75, 3.05) is 18.4 Å². The molecule has 7 nitrogen and oxygen atoms in total. The molecule has 0 amide bonds. The van der Waals surface area contributed by atoms with E-state index in [2.05, 4.69) is 20.1 Å². The van der Waals surface area contributed by atoms with Crippen LogP contribution in [0.4, 0.5) is 19.0 Å². The van der Waals surface area contributed by atoms with Crippen LogP contribution in [0.2, 0.25) is 5.02 Å². The number of anilines is 1. The number of nitrogens with one attached hydrogen (secondary N) is 2. The molecule has 0 aliphatic carbocycles. The summed E-state index contributed by atoms with van der Waals surface area (Å²) in [6, 6.07) is 12.7. The zero-order valence-electron chi connectivity index (χ0n) is 17.3. The number of aromatic nitrogens is 3. The van der Waals surface area contributed by atoms with Crippen molar-refractivity contribution in [2.45, 2.75) is 11.1 Å². The van der Waals surface area contributed by atoms with Crippen LogP contribution in [0.5, 0.6) is 0 Å². The summed E-state index contributed by atoms with van der Waals surface area (Å²) >= 11 is 6.29. The highest BCUT2D eigenvalue weighted by molar-refractivity contribution is 7.89. The molecule has 0 atom stereocenters. The zero-order chi connectivity index (χ0) is 24.5. The standard InChI is InChI=1S/C21H16BClF3N5O2S/c22-15-12-28-31-19(11-17(30-20(15)31)13-5-1-3-7-16(13)23)27-9-10-29-34(32,33)18-8-4-2-6-14(18)21(24,25)26/h1-8,11-12,27,29H,9-10H2. The fourth-order valence-corrected chi connectivity index (χ4v) is 4.79. The number of nitrogens with zero attached hydrogens (tertiary/aromatic N) is 3. The lowest BCUT2D eigenvalue weighted by Crippen LogP contribution is -2.30. The molecule has 0 aliphatic rings. The van der Waals surface area contributed by atoms with Crippen LogP contribution in [0.3, 0.4) is 0 Å². The Bertz CT molecular complexity index is 1460. The normalized spacial score (nSPS) is 12.2. The van der Waals surface area contributed by atoms with Gasteiger partial charge in [-0.25, -0.2) is 18.1 Å². The minimum atomic E-state index is -4.80. The molecular weight excluding hydrogens is 490 g/mol. The Labute approximate surface area is 199 Å². The van der Waals surface area contributed by atoms with Gasteiger partial charge in [0.15, 0.2) is 5.65 Å². The first-order chi connectivity index (χ1) is 16.1. The van der Waals surface area contributed by atoms with E-state index in [0.717, 1.165) is 18.2 Å². The van der Waals surface area contributed by atoms with Gasteiger partial charge in [0.25, 0.3) is 0 Å². The summed E-state index contributed by atoms with van der Waals surface area (Å²) in [4.78, 5) is 3.66. The third-order valence-electron chi connectivity index (χ3n) is 4.85. The number of sulfonamides is 1. The molecule has 13 heteroatoms. The third-order valence-corrected chi connectivity index (χ3v) is 6.70. The minimum absolute atomic E-state index is 0.0360. The Kier molecular flexibility index (Phi) is 6.56. The number of halogens is 4. The second kappa shape index (κ2) is 9.28.